The smallest absolute Gasteiger partial charge is 0.128 e. The molecule has 3 heteroatoms. The highest BCUT2D eigenvalue weighted by atomic mass is 14.9. The van der Waals surface area contributed by atoms with E-state index in [-0.39, 0.29) is 0 Å². The lowest BCUT2D eigenvalue weighted by molar-refractivity contribution is 0.367. The van der Waals surface area contributed by atoms with Crippen molar-refractivity contribution in [2.75, 3.05) is 13.1 Å². The van der Waals surface area contributed by atoms with E-state index in [0.717, 1.165) is 31.3 Å². The third-order valence-electron chi connectivity index (χ3n) is 3.32. The number of aromatic nitrogens is 2. The van der Waals surface area contributed by atoms with Crippen LogP contribution in [0.4, 0.5) is 0 Å². The van der Waals surface area contributed by atoms with E-state index in [1.807, 2.05) is 12.4 Å². The van der Waals surface area contributed by atoms with Crippen LogP contribution in [-0.4, -0.2) is 23.1 Å². The van der Waals surface area contributed by atoms with Crippen LogP contribution in [0.3, 0.4) is 0 Å². The van der Waals surface area contributed by atoms with Crippen molar-refractivity contribution < 1.29 is 0 Å². The van der Waals surface area contributed by atoms with Gasteiger partial charge in [0.1, 0.15) is 5.82 Å². The molecule has 0 saturated carbocycles. The number of hydrogen-bond acceptors (Lipinski definition) is 3. The molecule has 2 heterocycles. The van der Waals surface area contributed by atoms with Gasteiger partial charge < -0.3 is 5.32 Å². The van der Waals surface area contributed by atoms with E-state index < -0.39 is 0 Å². The molecule has 1 N–H and O–H groups in total. The second-order valence-corrected chi connectivity index (χ2v) is 4.98. The molecule has 3 nitrogen and oxygen atoms in total. The molecule has 16 heavy (non-hydrogen) atoms. The van der Waals surface area contributed by atoms with Gasteiger partial charge in [0.2, 0.25) is 0 Å². The number of nitrogens with zero attached hydrogens (tertiary/aromatic N) is 2. The molecule has 88 valence electrons. The van der Waals surface area contributed by atoms with Crippen LogP contribution in [0.15, 0.2) is 12.4 Å². The largest absolute Gasteiger partial charge is 0.317 e. The molecule has 0 spiro atoms. The minimum atomic E-state index is 0.521. The Morgan fingerprint density at radius 3 is 2.44 bits per heavy atom. The van der Waals surface area contributed by atoms with Crippen molar-refractivity contribution in [2.45, 2.75) is 39.0 Å². The Balaban J connectivity index is 1.93. The van der Waals surface area contributed by atoms with Gasteiger partial charge in [-0.2, -0.15) is 0 Å². The van der Waals surface area contributed by atoms with E-state index in [2.05, 4.69) is 29.1 Å². The van der Waals surface area contributed by atoms with Crippen LogP contribution in [0.1, 0.15) is 44.0 Å². The molecule has 0 unspecified atom stereocenters. The van der Waals surface area contributed by atoms with Gasteiger partial charge >= 0.3 is 0 Å². The highest BCUT2D eigenvalue weighted by Gasteiger charge is 2.14. The second kappa shape index (κ2) is 5.39. The summed E-state index contributed by atoms with van der Waals surface area (Å²) >= 11 is 0. The highest BCUT2D eigenvalue weighted by Crippen LogP contribution is 2.17. The second-order valence-electron chi connectivity index (χ2n) is 4.98. The first kappa shape index (κ1) is 11.5. The molecular formula is C13H21N3. The molecule has 0 aromatic carbocycles. The SMILES string of the molecule is CC(C)c1cnc(CC2CCNCC2)nc1. The lowest BCUT2D eigenvalue weighted by Gasteiger charge is -2.21. The molecular weight excluding hydrogens is 198 g/mol. The fourth-order valence-electron chi connectivity index (χ4n) is 2.11. The molecule has 1 aromatic rings. The molecule has 0 atom stereocenters. The van der Waals surface area contributed by atoms with Gasteiger partial charge in [0.05, 0.1) is 0 Å². The summed E-state index contributed by atoms with van der Waals surface area (Å²) in [5.74, 6) is 2.30. The fourth-order valence-corrected chi connectivity index (χ4v) is 2.11. The standard InChI is InChI=1S/C13H21N3/c1-10(2)12-8-15-13(16-9-12)7-11-3-5-14-6-4-11/h8-11,14H,3-7H2,1-2H3. The monoisotopic (exact) mass is 219 g/mol. The first-order valence-corrected chi connectivity index (χ1v) is 6.27. The Bertz CT molecular complexity index is 312. The average molecular weight is 219 g/mol. The molecule has 0 radical (unpaired) electrons. The first-order valence-electron chi connectivity index (χ1n) is 6.27. The minimum absolute atomic E-state index is 0.521. The number of piperidine rings is 1. The maximum absolute atomic E-state index is 4.46. The Labute approximate surface area is 97.7 Å². The van der Waals surface area contributed by atoms with Crippen LogP contribution in [0.5, 0.6) is 0 Å². The van der Waals surface area contributed by atoms with Crippen LogP contribution in [0.25, 0.3) is 0 Å². The molecule has 0 amide bonds. The van der Waals surface area contributed by atoms with Crippen molar-refractivity contribution >= 4 is 0 Å². The molecule has 0 bridgehead atoms. The van der Waals surface area contributed by atoms with Crippen molar-refractivity contribution in [3.05, 3.63) is 23.8 Å². The number of nitrogens with one attached hydrogen (secondary N) is 1. The molecule has 1 aliphatic rings. The molecule has 1 saturated heterocycles. The molecule has 1 fully saturated rings. The van der Waals surface area contributed by atoms with Gasteiger partial charge in [0.25, 0.3) is 0 Å². The Morgan fingerprint density at radius 2 is 1.88 bits per heavy atom. The summed E-state index contributed by atoms with van der Waals surface area (Å²) in [6.45, 7) is 6.64. The maximum atomic E-state index is 4.46. The minimum Gasteiger partial charge on any atom is -0.317 e. The van der Waals surface area contributed by atoms with E-state index in [1.54, 1.807) is 0 Å². The summed E-state index contributed by atoms with van der Waals surface area (Å²) in [4.78, 5) is 8.93. The van der Waals surface area contributed by atoms with Crippen LogP contribution in [-0.2, 0) is 6.42 Å². The van der Waals surface area contributed by atoms with Gasteiger partial charge in [-0.1, -0.05) is 13.8 Å². The predicted octanol–water partition coefficient (Wildman–Crippen LogP) is 2.14. The lowest BCUT2D eigenvalue weighted by Crippen LogP contribution is -2.29. The third-order valence-corrected chi connectivity index (χ3v) is 3.32. The van der Waals surface area contributed by atoms with E-state index in [9.17, 15) is 0 Å². The Morgan fingerprint density at radius 1 is 1.25 bits per heavy atom. The summed E-state index contributed by atoms with van der Waals surface area (Å²) in [5.41, 5.74) is 1.23. The van der Waals surface area contributed by atoms with E-state index >= 15 is 0 Å². The summed E-state index contributed by atoms with van der Waals surface area (Å²) < 4.78 is 0. The summed E-state index contributed by atoms with van der Waals surface area (Å²) in [7, 11) is 0. The van der Waals surface area contributed by atoms with Gasteiger partial charge in [-0.3, -0.25) is 0 Å². The van der Waals surface area contributed by atoms with E-state index in [1.165, 1.54) is 18.4 Å². The number of rotatable bonds is 3. The Kier molecular flexibility index (Phi) is 3.88. The zero-order valence-corrected chi connectivity index (χ0v) is 10.2. The zero-order chi connectivity index (χ0) is 11.4. The fraction of sp³-hybridized carbons (Fsp3) is 0.692. The van der Waals surface area contributed by atoms with Crippen LogP contribution < -0.4 is 5.32 Å². The van der Waals surface area contributed by atoms with Crippen molar-refractivity contribution in [2.24, 2.45) is 5.92 Å². The Hall–Kier alpha value is -0.960. The third kappa shape index (κ3) is 3.01. The summed E-state index contributed by atoms with van der Waals surface area (Å²) in [5, 5.41) is 3.38. The highest BCUT2D eigenvalue weighted by molar-refractivity contribution is 5.09. The molecule has 1 aromatic heterocycles. The van der Waals surface area contributed by atoms with Crippen LogP contribution >= 0.6 is 0 Å². The average Bonchev–Trinajstić information content (AvgIpc) is 2.31. The van der Waals surface area contributed by atoms with Gasteiger partial charge in [-0.25, -0.2) is 9.97 Å². The first-order chi connectivity index (χ1) is 7.75. The molecule has 1 aliphatic heterocycles. The zero-order valence-electron chi connectivity index (χ0n) is 10.2. The van der Waals surface area contributed by atoms with E-state index in [0.29, 0.717) is 5.92 Å². The number of hydrogen-bond donors (Lipinski definition) is 1. The maximum Gasteiger partial charge on any atom is 0.128 e. The summed E-state index contributed by atoms with van der Waals surface area (Å²) in [6, 6.07) is 0. The van der Waals surface area contributed by atoms with Crippen molar-refractivity contribution in [3.63, 3.8) is 0 Å². The van der Waals surface area contributed by atoms with Crippen LogP contribution in [0, 0.1) is 5.92 Å². The predicted molar refractivity (Wildman–Crippen MR) is 65.4 cm³/mol. The molecule has 0 aliphatic carbocycles. The van der Waals surface area contributed by atoms with E-state index in [4.69, 9.17) is 0 Å². The topological polar surface area (TPSA) is 37.8 Å². The summed E-state index contributed by atoms with van der Waals surface area (Å²) in [6.07, 6.45) is 7.52. The van der Waals surface area contributed by atoms with Crippen molar-refractivity contribution in [3.8, 4) is 0 Å². The van der Waals surface area contributed by atoms with Crippen molar-refractivity contribution in [1.82, 2.24) is 15.3 Å². The lowest BCUT2D eigenvalue weighted by atomic mass is 9.94. The van der Waals surface area contributed by atoms with Gasteiger partial charge in [0.15, 0.2) is 0 Å². The van der Waals surface area contributed by atoms with Crippen molar-refractivity contribution in [1.29, 1.82) is 0 Å². The molecule has 2 rings (SSSR count). The van der Waals surface area contributed by atoms with Crippen LogP contribution in [0.2, 0.25) is 0 Å². The van der Waals surface area contributed by atoms with Gasteiger partial charge in [-0.15, -0.1) is 0 Å². The van der Waals surface area contributed by atoms with Gasteiger partial charge in [0, 0.05) is 18.8 Å². The van der Waals surface area contributed by atoms with Gasteiger partial charge in [-0.05, 0) is 43.3 Å². The normalized spacial score (nSPS) is 17.9. The quantitative estimate of drug-likeness (QED) is 0.846.